The van der Waals surface area contributed by atoms with E-state index < -0.39 is 11.7 Å². The molecule has 1 amide bonds. The lowest BCUT2D eigenvalue weighted by atomic mass is 10.1. The van der Waals surface area contributed by atoms with Crippen LogP contribution in [-0.2, 0) is 17.5 Å². The Kier molecular flexibility index (Phi) is 7.64. The second-order valence-electron chi connectivity index (χ2n) is 4.69. The Morgan fingerprint density at radius 3 is 2.38 bits per heavy atom. The van der Waals surface area contributed by atoms with Crippen LogP contribution in [0.15, 0.2) is 24.3 Å². The quantitative estimate of drug-likeness (QED) is 0.550. The third-order valence-corrected chi connectivity index (χ3v) is 3.26. The SMILES string of the molecule is O=C([CH]CCCCCS)NCc1ccc(C(F)(F)F)cc1. The fourth-order valence-electron chi connectivity index (χ4n) is 1.74. The molecule has 0 atom stereocenters. The average molecular weight is 318 g/mol. The number of halogens is 3. The first kappa shape index (κ1) is 17.9. The number of alkyl halides is 3. The molecule has 0 spiro atoms. The summed E-state index contributed by atoms with van der Waals surface area (Å²) in [6.45, 7) is 0.226. The van der Waals surface area contributed by atoms with Gasteiger partial charge in [-0.05, 0) is 36.3 Å². The Bertz CT molecular complexity index is 432. The first-order valence-electron chi connectivity index (χ1n) is 6.81. The van der Waals surface area contributed by atoms with Gasteiger partial charge in [0.2, 0.25) is 5.91 Å². The zero-order chi connectivity index (χ0) is 15.7. The maximum Gasteiger partial charge on any atom is 0.416 e. The fourth-order valence-corrected chi connectivity index (χ4v) is 1.96. The number of carbonyl (C=O) groups is 1. The predicted molar refractivity (Wildman–Crippen MR) is 79.9 cm³/mol. The lowest BCUT2D eigenvalue weighted by Crippen LogP contribution is -2.22. The first-order chi connectivity index (χ1) is 9.93. The number of hydrogen-bond donors (Lipinski definition) is 2. The summed E-state index contributed by atoms with van der Waals surface area (Å²) < 4.78 is 37.1. The molecule has 0 bridgehead atoms. The van der Waals surface area contributed by atoms with E-state index in [0.29, 0.717) is 12.0 Å². The molecule has 0 heterocycles. The number of thiol groups is 1. The van der Waals surface area contributed by atoms with Crippen molar-refractivity contribution in [3.05, 3.63) is 41.8 Å². The van der Waals surface area contributed by atoms with E-state index in [2.05, 4.69) is 17.9 Å². The van der Waals surface area contributed by atoms with Crippen molar-refractivity contribution in [1.29, 1.82) is 0 Å². The van der Waals surface area contributed by atoms with Gasteiger partial charge < -0.3 is 5.32 Å². The van der Waals surface area contributed by atoms with Gasteiger partial charge in [-0.1, -0.05) is 25.0 Å². The average Bonchev–Trinajstić information content (AvgIpc) is 2.44. The normalized spacial score (nSPS) is 11.4. The molecule has 1 radical (unpaired) electrons. The number of benzene rings is 1. The second kappa shape index (κ2) is 8.97. The highest BCUT2D eigenvalue weighted by atomic mass is 32.1. The molecular weight excluding hydrogens is 299 g/mol. The molecule has 0 aliphatic heterocycles. The minimum absolute atomic E-state index is 0.194. The van der Waals surface area contributed by atoms with Crippen molar-refractivity contribution < 1.29 is 18.0 Å². The molecule has 1 rings (SSSR count). The van der Waals surface area contributed by atoms with Crippen molar-refractivity contribution in [3.8, 4) is 0 Å². The zero-order valence-corrected chi connectivity index (χ0v) is 12.5. The van der Waals surface area contributed by atoms with Gasteiger partial charge in [0.15, 0.2) is 0 Å². The fraction of sp³-hybridized carbons (Fsp3) is 0.467. The molecule has 0 aliphatic rings. The summed E-state index contributed by atoms with van der Waals surface area (Å²) in [5, 5.41) is 2.66. The minimum Gasteiger partial charge on any atom is -0.352 e. The van der Waals surface area contributed by atoms with Crippen LogP contribution in [-0.4, -0.2) is 11.7 Å². The smallest absolute Gasteiger partial charge is 0.352 e. The van der Waals surface area contributed by atoms with Crippen molar-refractivity contribution >= 4 is 18.5 Å². The van der Waals surface area contributed by atoms with Gasteiger partial charge in [-0.2, -0.15) is 25.8 Å². The molecule has 0 saturated heterocycles. The van der Waals surface area contributed by atoms with Crippen molar-refractivity contribution in [3.63, 3.8) is 0 Å². The maximum atomic E-state index is 12.4. The van der Waals surface area contributed by atoms with Gasteiger partial charge in [0.1, 0.15) is 0 Å². The second-order valence-corrected chi connectivity index (χ2v) is 5.14. The lowest BCUT2D eigenvalue weighted by molar-refractivity contribution is -0.137. The van der Waals surface area contributed by atoms with Crippen LogP contribution in [0.2, 0.25) is 0 Å². The van der Waals surface area contributed by atoms with Crippen LogP contribution in [0.25, 0.3) is 0 Å². The molecule has 0 saturated carbocycles. The Hall–Kier alpha value is -1.17. The van der Waals surface area contributed by atoms with Gasteiger partial charge in [-0.25, -0.2) is 0 Å². The molecule has 117 valence electrons. The summed E-state index contributed by atoms with van der Waals surface area (Å²) in [4.78, 5) is 11.5. The van der Waals surface area contributed by atoms with Crippen LogP contribution < -0.4 is 5.32 Å². The molecule has 2 nitrogen and oxygen atoms in total. The van der Waals surface area contributed by atoms with E-state index in [0.717, 1.165) is 37.1 Å². The van der Waals surface area contributed by atoms with E-state index in [1.807, 2.05) is 0 Å². The number of unbranched alkanes of at least 4 members (excludes halogenated alkanes) is 3. The molecule has 21 heavy (non-hydrogen) atoms. The highest BCUT2D eigenvalue weighted by Gasteiger charge is 2.29. The summed E-state index contributed by atoms with van der Waals surface area (Å²) in [6.07, 6.45) is 0.947. The molecule has 0 aliphatic carbocycles. The van der Waals surface area contributed by atoms with Gasteiger partial charge in [0.25, 0.3) is 0 Å². The van der Waals surface area contributed by atoms with Crippen molar-refractivity contribution in [2.24, 2.45) is 0 Å². The van der Waals surface area contributed by atoms with Crippen LogP contribution >= 0.6 is 12.6 Å². The molecule has 0 aromatic heterocycles. The molecular formula is C15H19F3NOS. The standard InChI is InChI=1S/C15H19F3NOS/c16-15(17,18)13-8-6-12(7-9-13)11-19-14(20)5-3-1-2-4-10-21/h5-9,21H,1-4,10-11H2,(H,19,20). The topological polar surface area (TPSA) is 29.1 Å². The molecule has 6 heteroatoms. The number of carbonyl (C=O) groups excluding carboxylic acids is 1. The molecule has 1 aromatic rings. The Morgan fingerprint density at radius 1 is 1.14 bits per heavy atom. The Balaban J connectivity index is 2.27. The number of hydrogen-bond acceptors (Lipinski definition) is 2. The number of rotatable bonds is 8. The summed E-state index contributed by atoms with van der Waals surface area (Å²) >= 11 is 4.10. The van der Waals surface area contributed by atoms with Crippen LogP contribution in [0.3, 0.4) is 0 Å². The van der Waals surface area contributed by atoms with E-state index >= 15 is 0 Å². The van der Waals surface area contributed by atoms with Crippen molar-refractivity contribution in [2.75, 3.05) is 5.75 Å². The largest absolute Gasteiger partial charge is 0.416 e. The minimum atomic E-state index is -4.33. The summed E-state index contributed by atoms with van der Waals surface area (Å²) in [5.41, 5.74) is -0.0480. The van der Waals surface area contributed by atoms with E-state index in [-0.39, 0.29) is 12.5 Å². The highest BCUT2D eigenvalue weighted by molar-refractivity contribution is 7.80. The van der Waals surface area contributed by atoms with Crippen LogP contribution in [0.5, 0.6) is 0 Å². The maximum absolute atomic E-state index is 12.4. The predicted octanol–water partition coefficient (Wildman–Crippen LogP) is 4.02. The summed E-state index contributed by atoms with van der Waals surface area (Å²) in [7, 11) is 0. The summed E-state index contributed by atoms with van der Waals surface area (Å²) in [6, 6.07) is 4.77. The van der Waals surface area contributed by atoms with E-state index in [1.165, 1.54) is 12.1 Å². The third kappa shape index (κ3) is 7.41. The van der Waals surface area contributed by atoms with Gasteiger partial charge >= 0.3 is 6.18 Å². The van der Waals surface area contributed by atoms with E-state index in [4.69, 9.17) is 0 Å². The Morgan fingerprint density at radius 2 is 1.81 bits per heavy atom. The van der Waals surface area contributed by atoms with Crippen molar-refractivity contribution in [2.45, 2.75) is 38.4 Å². The third-order valence-electron chi connectivity index (χ3n) is 2.94. The van der Waals surface area contributed by atoms with Gasteiger partial charge in [-0.3, -0.25) is 4.79 Å². The van der Waals surface area contributed by atoms with Crippen LogP contribution in [0.1, 0.15) is 36.8 Å². The van der Waals surface area contributed by atoms with Gasteiger partial charge in [-0.15, -0.1) is 0 Å². The van der Waals surface area contributed by atoms with Crippen molar-refractivity contribution in [1.82, 2.24) is 5.32 Å². The molecule has 1 aromatic carbocycles. The summed E-state index contributed by atoms with van der Waals surface area (Å²) in [5.74, 6) is 0.654. The van der Waals surface area contributed by atoms with E-state index in [1.54, 1.807) is 6.42 Å². The van der Waals surface area contributed by atoms with Crippen LogP contribution in [0.4, 0.5) is 13.2 Å². The highest BCUT2D eigenvalue weighted by Crippen LogP contribution is 2.29. The number of nitrogens with one attached hydrogen (secondary N) is 1. The van der Waals surface area contributed by atoms with Gasteiger partial charge in [0.05, 0.1) is 5.56 Å². The Labute approximate surface area is 128 Å². The first-order valence-corrected chi connectivity index (χ1v) is 7.45. The molecule has 1 N–H and O–H groups in total. The lowest BCUT2D eigenvalue weighted by Gasteiger charge is -2.08. The monoisotopic (exact) mass is 318 g/mol. The zero-order valence-electron chi connectivity index (χ0n) is 11.6. The molecule has 0 unspecified atom stereocenters. The van der Waals surface area contributed by atoms with Crippen LogP contribution in [0, 0.1) is 6.42 Å². The van der Waals surface area contributed by atoms with E-state index in [9.17, 15) is 18.0 Å². The number of amides is 1. The molecule has 0 fully saturated rings. The van der Waals surface area contributed by atoms with Gasteiger partial charge in [0, 0.05) is 13.0 Å².